The second-order valence-electron chi connectivity index (χ2n) is 4.59. The number of hydrogen-bond donors (Lipinski definition) is 2. The van der Waals surface area contributed by atoms with Gasteiger partial charge >= 0.3 is 0 Å². The van der Waals surface area contributed by atoms with Crippen molar-refractivity contribution in [3.8, 4) is 0 Å². The zero-order valence-corrected chi connectivity index (χ0v) is 9.50. The fraction of sp³-hybridized carbons (Fsp3) is 0.600. The first-order chi connectivity index (χ1) is 6.79. The van der Waals surface area contributed by atoms with Gasteiger partial charge in [-0.15, -0.1) is 0 Å². The summed E-state index contributed by atoms with van der Waals surface area (Å²) in [5.74, 6) is 0.0340. The molecule has 0 aliphatic rings. The van der Waals surface area contributed by atoms with E-state index in [0.29, 0.717) is 5.76 Å². The fourth-order valence-corrected chi connectivity index (χ4v) is 1.33. The minimum absolute atomic E-state index is 0.00870. The summed E-state index contributed by atoms with van der Waals surface area (Å²) in [4.78, 5) is 10.8. The van der Waals surface area contributed by atoms with Crippen molar-refractivity contribution in [2.24, 2.45) is 5.73 Å². The minimum atomic E-state index is -0.576. The van der Waals surface area contributed by atoms with Gasteiger partial charge in [-0.05, 0) is 27.7 Å². The van der Waals surface area contributed by atoms with Gasteiger partial charge in [-0.1, -0.05) is 5.16 Å². The van der Waals surface area contributed by atoms with E-state index in [2.05, 4.69) is 31.2 Å². The summed E-state index contributed by atoms with van der Waals surface area (Å²) in [5.41, 5.74) is 5.20. The molecule has 0 spiro atoms. The predicted octanol–water partition coefficient (Wildman–Crippen LogP) is 1.22. The molecule has 0 saturated heterocycles. The summed E-state index contributed by atoms with van der Waals surface area (Å²) in [6.45, 7) is 8.09. The van der Waals surface area contributed by atoms with Gasteiger partial charge in [0.15, 0.2) is 11.5 Å². The molecule has 1 heterocycles. The van der Waals surface area contributed by atoms with E-state index in [1.54, 1.807) is 6.07 Å². The highest BCUT2D eigenvalue weighted by molar-refractivity contribution is 5.90. The Morgan fingerprint density at radius 2 is 2.20 bits per heavy atom. The van der Waals surface area contributed by atoms with E-state index in [0.717, 1.165) is 0 Å². The Balaban J connectivity index is 2.74. The van der Waals surface area contributed by atoms with Crippen LogP contribution in [0.25, 0.3) is 0 Å². The van der Waals surface area contributed by atoms with E-state index in [9.17, 15) is 4.79 Å². The molecule has 1 aromatic rings. The van der Waals surface area contributed by atoms with Crippen LogP contribution in [0.15, 0.2) is 10.6 Å². The number of carbonyl (C=O) groups is 1. The molecule has 1 aromatic heterocycles. The highest BCUT2D eigenvalue weighted by atomic mass is 16.5. The van der Waals surface area contributed by atoms with Crippen LogP contribution in [0.4, 0.5) is 0 Å². The van der Waals surface area contributed by atoms with Gasteiger partial charge in [0.25, 0.3) is 5.91 Å². The number of hydrogen-bond acceptors (Lipinski definition) is 4. The van der Waals surface area contributed by atoms with Crippen LogP contribution < -0.4 is 11.1 Å². The van der Waals surface area contributed by atoms with Gasteiger partial charge in [-0.2, -0.15) is 0 Å². The SMILES string of the molecule is CC(NC(C)(C)C)c1cc(C(N)=O)no1. The molecule has 1 atom stereocenters. The molecule has 3 N–H and O–H groups in total. The smallest absolute Gasteiger partial charge is 0.270 e. The summed E-state index contributed by atoms with van der Waals surface area (Å²) in [5, 5.41) is 6.88. The highest BCUT2D eigenvalue weighted by Gasteiger charge is 2.19. The lowest BCUT2D eigenvalue weighted by Gasteiger charge is -2.24. The third-order valence-corrected chi connectivity index (χ3v) is 1.86. The maximum atomic E-state index is 10.8. The number of nitrogens with two attached hydrogens (primary N) is 1. The van der Waals surface area contributed by atoms with E-state index in [1.807, 2.05) is 6.92 Å². The van der Waals surface area contributed by atoms with Crippen LogP contribution in [0, 0.1) is 0 Å². The minimum Gasteiger partial charge on any atom is -0.364 e. The zero-order chi connectivity index (χ0) is 11.6. The van der Waals surface area contributed by atoms with Crippen molar-refractivity contribution in [2.45, 2.75) is 39.3 Å². The lowest BCUT2D eigenvalue weighted by atomic mass is 10.1. The molecule has 1 amide bonds. The third-order valence-electron chi connectivity index (χ3n) is 1.86. The van der Waals surface area contributed by atoms with Crippen molar-refractivity contribution in [1.82, 2.24) is 10.5 Å². The Morgan fingerprint density at radius 3 is 2.60 bits per heavy atom. The molecular formula is C10H17N3O2. The summed E-state index contributed by atoms with van der Waals surface area (Å²) in [7, 11) is 0. The summed E-state index contributed by atoms with van der Waals surface area (Å²) in [6.07, 6.45) is 0. The quantitative estimate of drug-likeness (QED) is 0.787. The predicted molar refractivity (Wildman–Crippen MR) is 56.3 cm³/mol. The Labute approximate surface area is 89.0 Å². The van der Waals surface area contributed by atoms with Crippen LogP contribution in [0.2, 0.25) is 0 Å². The summed E-state index contributed by atoms with van der Waals surface area (Å²) >= 11 is 0. The van der Waals surface area contributed by atoms with Crippen LogP contribution in [-0.4, -0.2) is 16.6 Å². The van der Waals surface area contributed by atoms with Gasteiger partial charge in [0, 0.05) is 11.6 Å². The van der Waals surface area contributed by atoms with Gasteiger partial charge in [0.05, 0.1) is 6.04 Å². The van der Waals surface area contributed by atoms with Crippen molar-refractivity contribution >= 4 is 5.91 Å². The molecule has 1 unspecified atom stereocenters. The van der Waals surface area contributed by atoms with E-state index in [4.69, 9.17) is 10.3 Å². The number of carbonyl (C=O) groups excluding carboxylic acids is 1. The molecule has 1 rings (SSSR count). The first-order valence-electron chi connectivity index (χ1n) is 4.84. The molecule has 0 radical (unpaired) electrons. The molecule has 5 heteroatoms. The van der Waals surface area contributed by atoms with Crippen molar-refractivity contribution in [2.75, 3.05) is 0 Å². The molecule has 0 aliphatic carbocycles. The third kappa shape index (κ3) is 3.36. The Kier molecular flexibility index (Phi) is 3.14. The van der Waals surface area contributed by atoms with E-state index in [1.165, 1.54) is 0 Å². The van der Waals surface area contributed by atoms with Crippen molar-refractivity contribution in [1.29, 1.82) is 0 Å². The van der Waals surface area contributed by atoms with Crippen LogP contribution in [0.3, 0.4) is 0 Å². The molecule has 15 heavy (non-hydrogen) atoms. The van der Waals surface area contributed by atoms with Gasteiger partial charge in [-0.3, -0.25) is 4.79 Å². The van der Waals surface area contributed by atoms with Gasteiger partial charge in [-0.25, -0.2) is 0 Å². The number of nitrogens with one attached hydrogen (secondary N) is 1. The maximum absolute atomic E-state index is 10.8. The lowest BCUT2D eigenvalue weighted by molar-refractivity contribution is 0.0991. The van der Waals surface area contributed by atoms with Crippen molar-refractivity contribution in [3.63, 3.8) is 0 Å². The van der Waals surface area contributed by atoms with Crippen molar-refractivity contribution in [3.05, 3.63) is 17.5 Å². The average molecular weight is 211 g/mol. The average Bonchev–Trinajstić information content (AvgIpc) is 2.47. The largest absolute Gasteiger partial charge is 0.364 e. The Morgan fingerprint density at radius 1 is 1.60 bits per heavy atom. The standard InChI is InChI=1S/C10H17N3O2/c1-6(12-10(2,3)4)8-5-7(9(11)14)13-15-8/h5-6,12H,1-4H3,(H2,11,14). The molecule has 0 bridgehead atoms. The number of primary amides is 1. The Hall–Kier alpha value is -1.36. The number of aromatic nitrogens is 1. The summed E-state index contributed by atoms with van der Waals surface area (Å²) < 4.78 is 5.02. The van der Waals surface area contributed by atoms with Gasteiger partial charge in [0.1, 0.15) is 0 Å². The van der Waals surface area contributed by atoms with Gasteiger partial charge < -0.3 is 15.6 Å². The number of nitrogens with zero attached hydrogens (tertiary/aromatic N) is 1. The molecule has 0 aromatic carbocycles. The monoisotopic (exact) mass is 211 g/mol. The molecule has 84 valence electrons. The van der Waals surface area contributed by atoms with E-state index < -0.39 is 5.91 Å². The zero-order valence-electron chi connectivity index (χ0n) is 9.50. The van der Waals surface area contributed by atoms with E-state index >= 15 is 0 Å². The first-order valence-corrected chi connectivity index (χ1v) is 4.84. The fourth-order valence-electron chi connectivity index (χ4n) is 1.33. The molecular weight excluding hydrogens is 194 g/mol. The maximum Gasteiger partial charge on any atom is 0.270 e. The van der Waals surface area contributed by atoms with Crippen molar-refractivity contribution < 1.29 is 9.32 Å². The summed E-state index contributed by atoms with van der Waals surface area (Å²) in [6, 6.07) is 1.55. The second kappa shape index (κ2) is 4.02. The molecule has 5 nitrogen and oxygen atoms in total. The lowest BCUT2D eigenvalue weighted by Crippen LogP contribution is -2.37. The Bertz CT molecular complexity index is 352. The van der Waals surface area contributed by atoms with Crippen LogP contribution >= 0.6 is 0 Å². The van der Waals surface area contributed by atoms with Crippen LogP contribution in [-0.2, 0) is 0 Å². The first kappa shape index (κ1) is 11.7. The molecule has 0 fully saturated rings. The topological polar surface area (TPSA) is 81.1 Å². The highest BCUT2D eigenvalue weighted by Crippen LogP contribution is 2.16. The van der Waals surface area contributed by atoms with Crippen LogP contribution in [0.1, 0.15) is 50.0 Å². The molecule has 0 saturated carbocycles. The second-order valence-corrected chi connectivity index (χ2v) is 4.59. The van der Waals surface area contributed by atoms with E-state index in [-0.39, 0.29) is 17.3 Å². The normalized spacial score (nSPS) is 13.9. The molecule has 0 aliphatic heterocycles. The number of rotatable bonds is 3. The number of amides is 1. The van der Waals surface area contributed by atoms with Gasteiger partial charge in [0.2, 0.25) is 0 Å². The van der Waals surface area contributed by atoms with Crippen LogP contribution in [0.5, 0.6) is 0 Å².